The summed E-state index contributed by atoms with van der Waals surface area (Å²) in [5.41, 5.74) is 1.68. The second kappa shape index (κ2) is 8.38. The van der Waals surface area contributed by atoms with Crippen LogP contribution in [0.15, 0.2) is 32.7 Å². The fraction of sp³-hybridized carbons (Fsp3) is 0.522. The Labute approximate surface area is 198 Å². The summed E-state index contributed by atoms with van der Waals surface area (Å²) in [5, 5.41) is 6.26. The van der Waals surface area contributed by atoms with E-state index in [0.717, 1.165) is 24.1 Å². The summed E-state index contributed by atoms with van der Waals surface area (Å²) in [7, 11) is -0.540. The van der Waals surface area contributed by atoms with Gasteiger partial charge in [-0.1, -0.05) is 0 Å². The number of fused-ring (bicyclic) bond motifs is 1. The van der Waals surface area contributed by atoms with Crippen molar-refractivity contribution in [1.29, 1.82) is 0 Å². The lowest BCUT2D eigenvalue weighted by molar-refractivity contribution is 0.240. The highest BCUT2D eigenvalue weighted by Gasteiger charge is 2.34. The van der Waals surface area contributed by atoms with Crippen molar-refractivity contribution in [2.75, 3.05) is 48.8 Å². The number of sulfonamides is 1. The summed E-state index contributed by atoms with van der Waals surface area (Å²) in [6, 6.07) is 4.95. The minimum Gasteiger partial charge on any atom is -0.377 e. The van der Waals surface area contributed by atoms with Crippen LogP contribution in [0.5, 0.6) is 0 Å². The van der Waals surface area contributed by atoms with E-state index in [4.69, 9.17) is 0 Å². The number of benzene rings is 1. The number of rotatable bonds is 6. The number of carbonyl (C=O) groups excluding carboxylic acids is 1. The molecular weight excluding hydrogens is 458 g/mol. The van der Waals surface area contributed by atoms with Gasteiger partial charge in [0.05, 0.1) is 4.90 Å². The van der Waals surface area contributed by atoms with Gasteiger partial charge in [0.15, 0.2) is 0 Å². The van der Waals surface area contributed by atoms with Crippen LogP contribution in [-0.4, -0.2) is 64.6 Å². The molecule has 11 heteroatoms. The molecule has 2 heterocycles. The first-order valence-corrected chi connectivity index (χ1v) is 13.1. The molecule has 5 rings (SSSR count). The zero-order chi connectivity index (χ0) is 24.2. The fourth-order valence-corrected chi connectivity index (χ4v) is 5.66. The zero-order valence-corrected chi connectivity index (χ0v) is 20.2. The Balaban J connectivity index is 1.20. The lowest BCUT2D eigenvalue weighted by Crippen LogP contribution is -2.51. The monoisotopic (exact) mass is 487 g/mol. The number of carbonyl (C=O) groups is 1. The summed E-state index contributed by atoms with van der Waals surface area (Å²) in [6.45, 7) is 1.68. The third-order valence-corrected chi connectivity index (χ3v) is 8.73. The molecule has 2 amide bonds. The van der Waals surface area contributed by atoms with Crippen molar-refractivity contribution in [2.24, 2.45) is 0 Å². The molecule has 0 bridgehead atoms. The molecule has 2 fully saturated rings. The van der Waals surface area contributed by atoms with Gasteiger partial charge in [-0.15, -0.1) is 0 Å². The van der Waals surface area contributed by atoms with Crippen LogP contribution in [-0.2, 0) is 16.4 Å². The predicted molar refractivity (Wildman–Crippen MR) is 130 cm³/mol. The number of nitrogens with zero attached hydrogens (tertiary/aromatic N) is 3. The van der Waals surface area contributed by atoms with Gasteiger partial charge in [-0.05, 0) is 55.9 Å². The van der Waals surface area contributed by atoms with E-state index in [0.29, 0.717) is 56.3 Å². The maximum Gasteiger partial charge on any atom is 0.322 e. The van der Waals surface area contributed by atoms with E-state index < -0.39 is 20.9 Å². The molecule has 34 heavy (non-hydrogen) atoms. The number of urea groups is 1. The van der Waals surface area contributed by atoms with E-state index in [-0.39, 0.29) is 17.0 Å². The summed E-state index contributed by atoms with van der Waals surface area (Å²) < 4.78 is 26.0. The van der Waals surface area contributed by atoms with Gasteiger partial charge in [0.25, 0.3) is 10.9 Å². The van der Waals surface area contributed by atoms with Crippen molar-refractivity contribution in [3.8, 4) is 0 Å². The van der Waals surface area contributed by atoms with Gasteiger partial charge in [-0.2, -0.15) is 0 Å². The van der Waals surface area contributed by atoms with Crippen molar-refractivity contribution >= 4 is 33.1 Å². The van der Waals surface area contributed by atoms with E-state index in [1.165, 1.54) is 24.5 Å². The minimum atomic E-state index is -3.53. The first-order valence-electron chi connectivity index (χ1n) is 11.6. The molecule has 0 spiro atoms. The van der Waals surface area contributed by atoms with Crippen LogP contribution < -0.4 is 31.3 Å². The van der Waals surface area contributed by atoms with Gasteiger partial charge < -0.3 is 15.5 Å². The SMILES string of the molecule is CN(C)S(=O)(=O)c1ccc2c(c1)CCN2C(=O)NC1CCN(c2c(NC3CC3)c(=O)c2=O)CC1. The van der Waals surface area contributed by atoms with Crippen molar-refractivity contribution in [3.05, 3.63) is 44.2 Å². The molecule has 2 aliphatic heterocycles. The van der Waals surface area contributed by atoms with Crippen LogP contribution in [0.4, 0.5) is 21.9 Å². The highest BCUT2D eigenvalue weighted by molar-refractivity contribution is 7.89. The number of hydrogen-bond donors (Lipinski definition) is 2. The number of amides is 2. The smallest absolute Gasteiger partial charge is 0.322 e. The molecule has 10 nitrogen and oxygen atoms in total. The van der Waals surface area contributed by atoms with E-state index in [2.05, 4.69) is 10.6 Å². The third-order valence-electron chi connectivity index (χ3n) is 6.92. The molecule has 2 aromatic carbocycles. The number of nitrogens with one attached hydrogen (secondary N) is 2. The van der Waals surface area contributed by atoms with Crippen LogP contribution in [0.1, 0.15) is 31.2 Å². The quantitative estimate of drug-likeness (QED) is 0.580. The van der Waals surface area contributed by atoms with Crippen molar-refractivity contribution in [2.45, 2.75) is 49.1 Å². The van der Waals surface area contributed by atoms with Crippen LogP contribution >= 0.6 is 0 Å². The Hall–Kier alpha value is -2.92. The van der Waals surface area contributed by atoms with Crippen molar-refractivity contribution in [3.63, 3.8) is 0 Å². The molecule has 1 saturated heterocycles. The molecule has 1 saturated carbocycles. The lowest BCUT2D eigenvalue weighted by atomic mass is 10.0. The van der Waals surface area contributed by atoms with Gasteiger partial charge in [-0.3, -0.25) is 14.5 Å². The predicted octanol–water partition coefficient (Wildman–Crippen LogP) is 0.848. The molecule has 1 aliphatic carbocycles. The van der Waals surface area contributed by atoms with Crippen LogP contribution in [0.3, 0.4) is 0 Å². The standard InChI is InChI=1S/C23H29N5O5S/c1-26(2)34(32,33)17-5-6-18-14(13-17)7-12-28(18)23(31)25-16-8-10-27(11-9-16)20-19(21(29)22(20)30)24-15-3-4-15/h5-6,13,15-16,24H,3-4,7-12H2,1-2H3,(H,25,31). The van der Waals surface area contributed by atoms with Gasteiger partial charge in [0.1, 0.15) is 11.4 Å². The number of anilines is 3. The summed E-state index contributed by atoms with van der Waals surface area (Å²) in [5.74, 6) is 0. The Morgan fingerprint density at radius 3 is 2.35 bits per heavy atom. The van der Waals surface area contributed by atoms with Crippen LogP contribution in [0.2, 0.25) is 0 Å². The average molecular weight is 488 g/mol. The molecule has 0 aromatic heterocycles. The third kappa shape index (κ3) is 3.96. The number of piperidine rings is 1. The highest BCUT2D eigenvalue weighted by atomic mass is 32.2. The highest BCUT2D eigenvalue weighted by Crippen LogP contribution is 2.32. The Morgan fingerprint density at radius 1 is 1.00 bits per heavy atom. The summed E-state index contributed by atoms with van der Waals surface area (Å²) >= 11 is 0. The lowest BCUT2D eigenvalue weighted by Gasteiger charge is -2.35. The van der Waals surface area contributed by atoms with Gasteiger partial charge in [0, 0.05) is 51.5 Å². The van der Waals surface area contributed by atoms with Gasteiger partial charge in [0.2, 0.25) is 10.0 Å². The van der Waals surface area contributed by atoms with E-state index in [9.17, 15) is 22.8 Å². The Bertz CT molecular complexity index is 1300. The second-order valence-electron chi connectivity index (χ2n) is 9.49. The topological polar surface area (TPSA) is 119 Å². The zero-order valence-electron chi connectivity index (χ0n) is 19.3. The molecule has 0 atom stereocenters. The average Bonchev–Trinajstić information content (AvgIpc) is 3.54. The molecule has 2 aromatic rings. The fourth-order valence-electron chi connectivity index (χ4n) is 4.71. The summed E-state index contributed by atoms with van der Waals surface area (Å²) in [4.78, 5) is 40.9. The molecule has 182 valence electrons. The molecule has 3 aliphatic rings. The number of hydrogen-bond acceptors (Lipinski definition) is 7. The van der Waals surface area contributed by atoms with Crippen molar-refractivity contribution in [1.82, 2.24) is 9.62 Å². The van der Waals surface area contributed by atoms with Crippen molar-refractivity contribution < 1.29 is 13.2 Å². The molecule has 0 unspecified atom stereocenters. The first-order chi connectivity index (χ1) is 16.2. The van der Waals surface area contributed by atoms with Crippen LogP contribution in [0, 0.1) is 0 Å². The second-order valence-corrected chi connectivity index (χ2v) is 11.6. The molecular formula is C23H29N5O5S. The molecule has 2 N–H and O–H groups in total. The van der Waals surface area contributed by atoms with Gasteiger partial charge in [-0.25, -0.2) is 17.5 Å². The van der Waals surface area contributed by atoms with E-state index in [1.54, 1.807) is 17.0 Å². The maximum atomic E-state index is 13.0. The summed E-state index contributed by atoms with van der Waals surface area (Å²) in [6.07, 6.45) is 4.00. The Morgan fingerprint density at radius 2 is 1.71 bits per heavy atom. The minimum absolute atomic E-state index is 0.0347. The van der Waals surface area contributed by atoms with E-state index in [1.807, 2.05) is 4.90 Å². The molecule has 0 radical (unpaired) electrons. The normalized spacial score (nSPS) is 19.0. The van der Waals surface area contributed by atoms with E-state index >= 15 is 0 Å². The largest absolute Gasteiger partial charge is 0.377 e. The van der Waals surface area contributed by atoms with Gasteiger partial charge >= 0.3 is 6.03 Å². The maximum absolute atomic E-state index is 13.0. The Kier molecular flexibility index (Phi) is 5.64. The first kappa shape index (κ1) is 22.9. The van der Waals surface area contributed by atoms with Crippen LogP contribution in [0.25, 0.3) is 0 Å².